The van der Waals surface area contributed by atoms with Crippen molar-refractivity contribution >= 4 is 19.8 Å². The van der Waals surface area contributed by atoms with Gasteiger partial charge in [0.15, 0.2) is 6.10 Å². The molecule has 0 aromatic rings. The van der Waals surface area contributed by atoms with E-state index in [0.717, 1.165) is 57.8 Å². The molecule has 0 bridgehead atoms. The first-order valence-electron chi connectivity index (χ1n) is 37.6. The third-order valence-electron chi connectivity index (χ3n) is 17.0. The van der Waals surface area contributed by atoms with Gasteiger partial charge in [-0.2, -0.15) is 0 Å². The molecule has 506 valence electrons. The van der Waals surface area contributed by atoms with Gasteiger partial charge >= 0.3 is 19.8 Å². The molecule has 2 unspecified atom stereocenters. The van der Waals surface area contributed by atoms with E-state index >= 15 is 0 Å². The van der Waals surface area contributed by atoms with Crippen molar-refractivity contribution in [1.82, 2.24) is 0 Å². The Morgan fingerprint density at radius 3 is 0.953 bits per heavy atom. The lowest BCUT2D eigenvalue weighted by Crippen LogP contribution is -2.29. The number of allylic oxidation sites excluding steroid dienone is 8. The van der Waals surface area contributed by atoms with E-state index in [1.165, 1.54) is 302 Å². The van der Waals surface area contributed by atoms with Gasteiger partial charge in [-0.3, -0.25) is 18.6 Å². The van der Waals surface area contributed by atoms with E-state index in [1.54, 1.807) is 0 Å². The Morgan fingerprint density at radius 1 is 0.360 bits per heavy atom. The molecule has 0 rings (SSSR count). The Labute approximate surface area is 534 Å². The van der Waals surface area contributed by atoms with E-state index in [4.69, 9.17) is 24.3 Å². The summed E-state index contributed by atoms with van der Waals surface area (Å²) in [6, 6.07) is 0. The topological polar surface area (TPSA) is 134 Å². The zero-order valence-electron chi connectivity index (χ0n) is 57.1. The molecule has 0 saturated carbocycles. The van der Waals surface area contributed by atoms with Crippen LogP contribution >= 0.6 is 7.82 Å². The molecule has 0 aliphatic rings. The largest absolute Gasteiger partial charge is 0.472 e. The first-order valence-corrected chi connectivity index (χ1v) is 39.1. The maximum Gasteiger partial charge on any atom is 0.472 e. The number of carbonyl (C=O) groups is 2. The number of rotatable bonds is 72. The number of nitrogens with two attached hydrogens (primary N) is 1. The molecule has 0 spiro atoms. The average Bonchev–Trinajstić information content (AvgIpc) is 3.55. The minimum absolute atomic E-state index is 0.0565. The van der Waals surface area contributed by atoms with Crippen LogP contribution in [0.5, 0.6) is 0 Å². The quantitative estimate of drug-likeness (QED) is 0.0264. The summed E-state index contributed by atoms with van der Waals surface area (Å²) in [5, 5.41) is 0. The van der Waals surface area contributed by atoms with Crippen LogP contribution in [0.1, 0.15) is 393 Å². The fraction of sp³-hybridized carbons (Fsp3) is 0.868. The number of hydrogen-bond acceptors (Lipinski definition) is 8. The van der Waals surface area contributed by atoms with Gasteiger partial charge in [0.25, 0.3) is 0 Å². The van der Waals surface area contributed by atoms with Crippen molar-refractivity contribution in [3.05, 3.63) is 48.6 Å². The molecule has 0 amide bonds. The highest BCUT2D eigenvalue weighted by atomic mass is 31.2. The van der Waals surface area contributed by atoms with Gasteiger partial charge in [-0.05, 0) is 51.4 Å². The fourth-order valence-corrected chi connectivity index (χ4v) is 12.2. The zero-order valence-corrected chi connectivity index (χ0v) is 58.0. The monoisotopic (exact) mass is 1230 g/mol. The molecule has 0 aliphatic heterocycles. The Kier molecular flexibility index (Phi) is 70.3. The lowest BCUT2D eigenvalue weighted by molar-refractivity contribution is -0.161. The lowest BCUT2D eigenvalue weighted by atomic mass is 10.0. The standard InChI is InChI=1S/C76H144NO8P/c1-3-5-7-9-11-13-15-17-19-21-23-25-27-29-31-33-34-35-36-37-38-39-40-41-43-45-47-49-51-53-55-57-59-61-63-65-67-69-76(79)85-74(73-84-86(80,81)83-71-70-77)72-82-75(78)68-66-64-62-60-58-56-54-52-50-48-46-44-42-32-30-28-26-24-22-20-18-16-14-12-10-8-6-4-2/h5,7,11,13,17,19,23,25,74H,3-4,6,8-10,12,14-16,18,20-22,24,26-73,77H2,1-2H3,(H,80,81)/b7-5-,13-11-,19-17-,25-23-. The maximum atomic E-state index is 12.8. The molecular formula is C76H144NO8P. The summed E-state index contributed by atoms with van der Waals surface area (Å²) >= 11 is 0. The second kappa shape index (κ2) is 72.0. The molecule has 10 heteroatoms. The van der Waals surface area contributed by atoms with Crippen LogP contribution in [0.4, 0.5) is 0 Å². The van der Waals surface area contributed by atoms with Crippen LogP contribution in [0.25, 0.3) is 0 Å². The van der Waals surface area contributed by atoms with Gasteiger partial charge < -0.3 is 20.1 Å². The SMILES string of the molecule is CC/C=C\C/C=C\C/C=C\C/C=C\CCCCCCCCCCCCCCCCCCCCCCCCCCC(=O)OC(COC(=O)CCCCCCCCCCCCCCCCCCCCCCCCCCCCCC)COP(=O)(O)OCCN. The van der Waals surface area contributed by atoms with Crippen molar-refractivity contribution in [3.8, 4) is 0 Å². The van der Waals surface area contributed by atoms with Crippen LogP contribution in [0.2, 0.25) is 0 Å². The van der Waals surface area contributed by atoms with Crippen LogP contribution in [-0.2, 0) is 32.7 Å². The normalized spacial score (nSPS) is 13.1. The summed E-state index contributed by atoms with van der Waals surface area (Å²) in [6.45, 7) is 3.72. The number of phosphoric ester groups is 1. The van der Waals surface area contributed by atoms with Crippen LogP contribution in [0.3, 0.4) is 0 Å². The van der Waals surface area contributed by atoms with Gasteiger partial charge in [0.2, 0.25) is 0 Å². The van der Waals surface area contributed by atoms with Crippen molar-refractivity contribution in [2.75, 3.05) is 26.4 Å². The van der Waals surface area contributed by atoms with Crippen molar-refractivity contribution in [2.24, 2.45) is 5.73 Å². The van der Waals surface area contributed by atoms with Crippen LogP contribution in [-0.4, -0.2) is 49.3 Å². The van der Waals surface area contributed by atoms with Crippen LogP contribution in [0.15, 0.2) is 48.6 Å². The van der Waals surface area contributed by atoms with Gasteiger partial charge in [0.1, 0.15) is 6.61 Å². The Morgan fingerprint density at radius 2 is 0.640 bits per heavy atom. The molecule has 0 aromatic heterocycles. The summed E-state index contributed by atoms with van der Waals surface area (Å²) in [7, 11) is -4.39. The van der Waals surface area contributed by atoms with Gasteiger partial charge in [-0.1, -0.05) is 377 Å². The second-order valence-electron chi connectivity index (χ2n) is 25.5. The van der Waals surface area contributed by atoms with Crippen molar-refractivity contribution in [3.63, 3.8) is 0 Å². The third kappa shape index (κ3) is 71.1. The van der Waals surface area contributed by atoms with E-state index in [0.29, 0.717) is 6.42 Å². The molecular weight excluding hydrogens is 1090 g/mol. The highest BCUT2D eigenvalue weighted by molar-refractivity contribution is 7.47. The van der Waals surface area contributed by atoms with E-state index in [-0.39, 0.29) is 38.6 Å². The number of hydrogen-bond donors (Lipinski definition) is 2. The number of ether oxygens (including phenoxy) is 2. The minimum Gasteiger partial charge on any atom is -0.462 e. The smallest absolute Gasteiger partial charge is 0.462 e. The van der Waals surface area contributed by atoms with Gasteiger partial charge in [0.05, 0.1) is 13.2 Å². The summed E-state index contributed by atoms with van der Waals surface area (Å²) < 4.78 is 33.2. The molecule has 3 N–H and O–H groups in total. The van der Waals surface area contributed by atoms with Gasteiger partial charge in [-0.25, -0.2) is 4.57 Å². The Hall–Kier alpha value is -2.03. The predicted octanol–water partition coefficient (Wildman–Crippen LogP) is 24.8. The van der Waals surface area contributed by atoms with Crippen LogP contribution < -0.4 is 5.73 Å². The number of phosphoric acid groups is 1. The first-order chi connectivity index (χ1) is 42.3. The molecule has 9 nitrogen and oxygen atoms in total. The summed E-state index contributed by atoms with van der Waals surface area (Å²) in [5.74, 6) is -0.801. The zero-order chi connectivity index (χ0) is 62.3. The molecule has 0 aliphatic carbocycles. The maximum absolute atomic E-state index is 12.8. The first kappa shape index (κ1) is 84.0. The van der Waals surface area contributed by atoms with Gasteiger partial charge in [-0.15, -0.1) is 0 Å². The van der Waals surface area contributed by atoms with E-state index in [1.807, 2.05) is 0 Å². The molecule has 2 atom stereocenters. The van der Waals surface area contributed by atoms with Crippen molar-refractivity contribution in [1.29, 1.82) is 0 Å². The number of esters is 2. The van der Waals surface area contributed by atoms with E-state index < -0.39 is 26.5 Å². The summed E-state index contributed by atoms with van der Waals surface area (Å²) in [4.78, 5) is 35.4. The molecule has 0 heterocycles. The van der Waals surface area contributed by atoms with Crippen LogP contribution in [0, 0.1) is 0 Å². The molecule has 0 saturated heterocycles. The number of unbranched alkanes of at least 4 members (excludes halogenated alkanes) is 51. The number of carbonyl (C=O) groups excluding carboxylic acids is 2. The fourth-order valence-electron chi connectivity index (χ4n) is 11.5. The highest BCUT2D eigenvalue weighted by Gasteiger charge is 2.26. The third-order valence-corrected chi connectivity index (χ3v) is 18.0. The van der Waals surface area contributed by atoms with Crippen molar-refractivity contribution in [2.45, 2.75) is 399 Å². The minimum atomic E-state index is -4.39. The van der Waals surface area contributed by atoms with Gasteiger partial charge in [0, 0.05) is 19.4 Å². The average molecular weight is 1230 g/mol. The van der Waals surface area contributed by atoms with E-state index in [2.05, 4.69) is 62.5 Å². The molecule has 0 aromatic carbocycles. The summed E-state index contributed by atoms with van der Waals surface area (Å²) in [6.07, 6.45) is 92.4. The highest BCUT2D eigenvalue weighted by Crippen LogP contribution is 2.43. The lowest BCUT2D eigenvalue weighted by Gasteiger charge is -2.19. The Balaban J connectivity index is 3.77. The molecule has 0 fully saturated rings. The van der Waals surface area contributed by atoms with E-state index in [9.17, 15) is 19.0 Å². The predicted molar refractivity (Wildman–Crippen MR) is 372 cm³/mol. The second-order valence-corrected chi connectivity index (χ2v) is 27.0. The molecule has 0 radical (unpaired) electrons. The molecule has 86 heavy (non-hydrogen) atoms. The Bertz CT molecular complexity index is 1550. The summed E-state index contributed by atoms with van der Waals surface area (Å²) in [5.41, 5.74) is 5.41. The van der Waals surface area contributed by atoms with Crippen molar-refractivity contribution < 1.29 is 37.6 Å².